The maximum Gasteiger partial charge on any atom is 0.323 e. The third-order valence-corrected chi connectivity index (χ3v) is 4.88. The summed E-state index contributed by atoms with van der Waals surface area (Å²) in [5.74, 6) is 0.778. The molecule has 1 N–H and O–H groups in total. The van der Waals surface area contributed by atoms with Gasteiger partial charge in [0.05, 0.1) is 7.11 Å². The number of carbonyl (C=O) groups excluding carboxylic acids is 1. The highest BCUT2D eigenvalue weighted by Crippen LogP contribution is 2.55. The second-order valence-electron chi connectivity index (χ2n) is 6.81. The van der Waals surface area contributed by atoms with Gasteiger partial charge in [0.2, 0.25) is 0 Å². The van der Waals surface area contributed by atoms with E-state index in [4.69, 9.17) is 4.74 Å². The predicted octanol–water partition coefficient (Wildman–Crippen LogP) is 3.72. The lowest BCUT2D eigenvalue weighted by molar-refractivity contribution is -0.144. The number of ether oxygens (including phenoxy) is 1. The molecule has 0 unspecified atom stereocenters. The van der Waals surface area contributed by atoms with Crippen LogP contribution in [0.15, 0.2) is 60.7 Å². The molecule has 1 aliphatic rings. The van der Waals surface area contributed by atoms with Crippen molar-refractivity contribution < 1.29 is 9.53 Å². The van der Waals surface area contributed by atoms with Crippen molar-refractivity contribution in [3.8, 4) is 0 Å². The van der Waals surface area contributed by atoms with Crippen LogP contribution in [0, 0.1) is 5.92 Å². The van der Waals surface area contributed by atoms with Crippen molar-refractivity contribution in [3.05, 3.63) is 71.8 Å². The molecule has 3 heteroatoms. The van der Waals surface area contributed by atoms with Crippen LogP contribution in [0.3, 0.4) is 0 Å². The third-order valence-electron chi connectivity index (χ3n) is 4.88. The molecule has 0 bridgehead atoms. The summed E-state index contributed by atoms with van der Waals surface area (Å²) in [7, 11) is 1.45. The van der Waals surface area contributed by atoms with Crippen molar-refractivity contribution in [3.63, 3.8) is 0 Å². The summed E-state index contributed by atoms with van der Waals surface area (Å²) in [5.41, 5.74) is 2.63. The molecule has 0 saturated heterocycles. The SMILES string of the molecule is COC(=O)[C@@H](NC1[C@@H](c2ccccc2)[C@@H]1c1ccccc1)C(C)C. The fourth-order valence-corrected chi connectivity index (χ4v) is 3.57. The Hall–Kier alpha value is -2.13. The maximum atomic E-state index is 12.1. The van der Waals surface area contributed by atoms with Crippen molar-refractivity contribution >= 4 is 5.97 Å². The zero-order valence-electron chi connectivity index (χ0n) is 14.5. The van der Waals surface area contributed by atoms with Crippen LogP contribution in [-0.2, 0) is 9.53 Å². The van der Waals surface area contributed by atoms with Gasteiger partial charge in [-0.1, -0.05) is 74.5 Å². The minimum atomic E-state index is -0.278. The number of carbonyl (C=O) groups is 1. The normalized spacial score (nSPS) is 23.8. The summed E-state index contributed by atoms with van der Waals surface area (Å²) < 4.78 is 4.98. The average molecular weight is 323 g/mol. The minimum absolute atomic E-state index is 0.185. The number of hydrogen-bond acceptors (Lipinski definition) is 3. The van der Waals surface area contributed by atoms with E-state index >= 15 is 0 Å². The Morgan fingerprint density at radius 1 is 0.917 bits per heavy atom. The van der Waals surface area contributed by atoms with Crippen molar-refractivity contribution in [1.29, 1.82) is 0 Å². The molecule has 126 valence electrons. The number of nitrogens with one attached hydrogen (secondary N) is 1. The number of benzene rings is 2. The second kappa shape index (κ2) is 7.18. The smallest absolute Gasteiger partial charge is 0.323 e. The van der Waals surface area contributed by atoms with E-state index in [1.165, 1.54) is 18.2 Å². The van der Waals surface area contributed by atoms with E-state index in [1.54, 1.807) is 0 Å². The highest BCUT2D eigenvalue weighted by atomic mass is 16.5. The number of rotatable bonds is 6. The van der Waals surface area contributed by atoms with Gasteiger partial charge in [-0.3, -0.25) is 4.79 Å². The summed E-state index contributed by atoms with van der Waals surface area (Å²) in [4.78, 5) is 12.1. The van der Waals surface area contributed by atoms with Crippen molar-refractivity contribution in [2.45, 2.75) is 37.8 Å². The lowest BCUT2D eigenvalue weighted by Gasteiger charge is -2.20. The second-order valence-corrected chi connectivity index (χ2v) is 6.81. The standard InChI is InChI=1S/C21H25NO2/c1-14(2)19(21(23)24-3)22-20-17(15-10-6-4-7-11-15)18(20)16-12-8-5-9-13-16/h4-14,17-20,22H,1-3H3/t17-,18-,19-/m0/s1. The molecule has 0 spiro atoms. The molecule has 1 fully saturated rings. The maximum absolute atomic E-state index is 12.1. The third kappa shape index (κ3) is 3.36. The van der Waals surface area contributed by atoms with Crippen LogP contribution in [-0.4, -0.2) is 25.2 Å². The average Bonchev–Trinajstić information content (AvgIpc) is 3.34. The molecule has 3 nitrogen and oxygen atoms in total. The molecule has 0 radical (unpaired) electrons. The van der Waals surface area contributed by atoms with Gasteiger partial charge in [-0.2, -0.15) is 0 Å². The van der Waals surface area contributed by atoms with Gasteiger partial charge in [-0.25, -0.2) is 0 Å². The van der Waals surface area contributed by atoms with E-state index < -0.39 is 0 Å². The van der Waals surface area contributed by atoms with E-state index in [2.05, 4.69) is 53.8 Å². The monoisotopic (exact) mass is 323 g/mol. The largest absolute Gasteiger partial charge is 0.468 e. The van der Waals surface area contributed by atoms with Crippen molar-refractivity contribution in [1.82, 2.24) is 5.32 Å². The zero-order chi connectivity index (χ0) is 17.1. The molecule has 1 saturated carbocycles. The lowest BCUT2D eigenvalue weighted by atomic mass is 10.0. The molecule has 0 aliphatic heterocycles. The number of methoxy groups -OCH3 is 1. The first-order valence-electron chi connectivity index (χ1n) is 8.57. The summed E-state index contributed by atoms with van der Waals surface area (Å²) in [6, 6.07) is 21.0. The zero-order valence-corrected chi connectivity index (χ0v) is 14.5. The van der Waals surface area contributed by atoms with Crippen molar-refractivity contribution in [2.24, 2.45) is 5.92 Å². The molecule has 1 aliphatic carbocycles. The molecule has 3 rings (SSSR count). The van der Waals surface area contributed by atoms with Crippen LogP contribution in [0.2, 0.25) is 0 Å². The number of hydrogen-bond donors (Lipinski definition) is 1. The van der Waals surface area contributed by atoms with Gasteiger partial charge in [0, 0.05) is 17.9 Å². The van der Waals surface area contributed by atoms with Crippen LogP contribution < -0.4 is 5.32 Å². The predicted molar refractivity (Wildman–Crippen MR) is 95.9 cm³/mol. The quantitative estimate of drug-likeness (QED) is 0.823. The number of esters is 1. The first-order valence-corrected chi connectivity index (χ1v) is 8.57. The van der Waals surface area contributed by atoms with E-state index in [9.17, 15) is 4.79 Å². The van der Waals surface area contributed by atoms with Gasteiger partial charge in [0.25, 0.3) is 0 Å². The summed E-state index contributed by atoms with van der Waals surface area (Å²) in [6.07, 6.45) is 0. The summed E-state index contributed by atoms with van der Waals surface area (Å²) in [6.45, 7) is 4.10. The van der Waals surface area contributed by atoms with Gasteiger partial charge in [-0.05, 0) is 17.0 Å². The Morgan fingerprint density at radius 2 is 1.38 bits per heavy atom. The molecule has 0 aromatic heterocycles. The Balaban J connectivity index is 1.85. The molecule has 0 amide bonds. The van der Waals surface area contributed by atoms with Gasteiger partial charge in [0.1, 0.15) is 6.04 Å². The van der Waals surface area contributed by atoms with Gasteiger partial charge in [-0.15, -0.1) is 0 Å². The highest BCUT2D eigenvalue weighted by Gasteiger charge is 2.53. The van der Waals surface area contributed by atoms with Gasteiger partial charge >= 0.3 is 5.97 Å². The van der Waals surface area contributed by atoms with Gasteiger partial charge in [0.15, 0.2) is 0 Å². The highest BCUT2D eigenvalue weighted by molar-refractivity contribution is 5.76. The first kappa shape index (κ1) is 16.7. The van der Waals surface area contributed by atoms with Gasteiger partial charge < -0.3 is 10.1 Å². The van der Waals surface area contributed by atoms with E-state index in [-0.39, 0.29) is 24.0 Å². The van der Waals surface area contributed by atoms with E-state index in [1.807, 2.05) is 26.0 Å². The summed E-state index contributed by atoms with van der Waals surface area (Å²) in [5, 5.41) is 3.56. The molecule has 2 aromatic carbocycles. The Labute approximate surface area is 144 Å². The molecular formula is C21H25NO2. The minimum Gasteiger partial charge on any atom is -0.468 e. The Kier molecular flexibility index (Phi) is 5.00. The van der Waals surface area contributed by atoms with Crippen LogP contribution in [0.1, 0.15) is 36.8 Å². The molecule has 0 heterocycles. The first-order chi connectivity index (χ1) is 11.6. The van der Waals surface area contributed by atoms with E-state index in [0.717, 1.165) is 0 Å². The van der Waals surface area contributed by atoms with Crippen molar-refractivity contribution in [2.75, 3.05) is 7.11 Å². The molecular weight excluding hydrogens is 298 g/mol. The summed E-state index contributed by atoms with van der Waals surface area (Å²) >= 11 is 0. The van der Waals surface area contributed by atoms with Crippen LogP contribution >= 0.6 is 0 Å². The molecule has 2 aromatic rings. The van der Waals surface area contributed by atoms with Crippen LogP contribution in [0.25, 0.3) is 0 Å². The Morgan fingerprint density at radius 3 is 1.75 bits per heavy atom. The lowest BCUT2D eigenvalue weighted by Crippen LogP contribution is -2.43. The Bertz CT molecular complexity index is 623. The van der Waals surface area contributed by atoms with E-state index in [0.29, 0.717) is 11.8 Å². The fourth-order valence-electron chi connectivity index (χ4n) is 3.57. The van der Waals surface area contributed by atoms with Crippen LogP contribution in [0.5, 0.6) is 0 Å². The molecule has 24 heavy (non-hydrogen) atoms. The fraction of sp³-hybridized carbons (Fsp3) is 0.381. The topological polar surface area (TPSA) is 38.3 Å². The molecule has 3 atom stereocenters. The van der Waals surface area contributed by atoms with Crippen LogP contribution in [0.4, 0.5) is 0 Å².